The van der Waals surface area contributed by atoms with E-state index < -0.39 is 0 Å². The molecule has 4 nitrogen and oxygen atoms in total. The van der Waals surface area contributed by atoms with Crippen molar-refractivity contribution in [2.75, 3.05) is 0 Å². The molecule has 1 fully saturated rings. The minimum atomic E-state index is 0.619. The van der Waals surface area contributed by atoms with Crippen LogP contribution in [0.15, 0.2) is 0 Å². The molecule has 0 saturated heterocycles. The Kier molecular flexibility index (Phi) is 4.15. The van der Waals surface area contributed by atoms with Crippen molar-refractivity contribution in [3.63, 3.8) is 0 Å². The summed E-state index contributed by atoms with van der Waals surface area (Å²) in [5, 5.41) is 8.04. The zero-order chi connectivity index (χ0) is 12.3. The van der Waals surface area contributed by atoms with Crippen molar-refractivity contribution >= 4 is 0 Å². The second-order valence-electron chi connectivity index (χ2n) is 5.53. The molecule has 0 bridgehead atoms. The normalized spacial score (nSPS) is 17.2. The third-order valence-corrected chi connectivity index (χ3v) is 3.39. The van der Waals surface area contributed by atoms with Gasteiger partial charge in [-0.25, -0.2) is 4.98 Å². The molecular formula is C13H24N4. The van der Waals surface area contributed by atoms with Gasteiger partial charge in [0.2, 0.25) is 0 Å². The summed E-state index contributed by atoms with van der Waals surface area (Å²) in [4.78, 5) is 4.60. The molecule has 0 radical (unpaired) electrons. The highest BCUT2D eigenvalue weighted by molar-refractivity contribution is 4.94. The van der Waals surface area contributed by atoms with E-state index in [2.05, 4.69) is 29.2 Å². The Morgan fingerprint density at radius 3 is 2.71 bits per heavy atom. The fourth-order valence-electron chi connectivity index (χ4n) is 2.45. The highest BCUT2D eigenvalue weighted by Gasteiger charge is 2.15. The van der Waals surface area contributed by atoms with Crippen LogP contribution in [0.4, 0.5) is 0 Å². The van der Waals surface area contributed by atoms with Crippen molar-refractivity contribution in [1.82, 2.24) is 20.1 Å². The van der Waals surface area contributed by atoms with E-state index in [-0.39, 0.29) is 0 Å². The second-order valence-corrected chi connectivity index (χ2v) is 5.53. The smallest absolute Gasteiger partial charge is 0.151 e. The molecule has 0 aliphatic heterocycles. The summed E-state index contributed by atoms with van der Waals surface area (Å²) in [6.45, 7) is 5.26. The molecule has 0 amide bonds. The summed E-state index contributed by atoms with van der Waals surface area (Å²) < 4.78 is 1.92. The van der Waals surface area contributed by atoms with Gasteiger partial charge >= 0.3 is 0 Å². The minimum absolute atomic E-state index is 0.619. The number of hydrogen-bond donors (Lipinski definition) is 1. The van der Waals surface area contributed by atoms with Crippen LogP contribution in [-0.4, -0.2) is 20.8 Å². The molecule has 1 aliphatic carbocycles. The maximum Gasteiger partial charge on any atom is 0.151 e. The van der Waals surface area contributed by atoms with Crippen LogP contribution in [-0.2, 0) is 20.0 Å². The fraction of sp³-hybridized carbons (Fsp3) is 0.846. The minimum Gasteiger partial charge on any atom is -0.307 e. The topological polar surface area (TPSA) is 42.7 Å². The van der Waals surface area contributed by atoms with Crippen molar-refractivity contribution in [1.29, 1.82) is 0 Å². The van der Waals surface area contributed by atoms with Gasteiger partial charge < -0.3 is 5.32 Å². The molecule has 0 atom stereocenters. The predicted molar refractivity (Wildman–Crippen MR) is 68.6 cm³/mol. The van der Waals surface area contributed by atoms with Crippen LogP contribution in [0.1, 0.15) is 51.2 Å². The summed E-state index contributed by atoms with van der Waals surface area (Å²) >= 11 is 0. The number of aryl methyl sites for hydroxylation is 1. The lowest BCUT2D eigenvalue weighted by molar-refractivity contribution is 0.502. The molecule has 1 aliphatic rings. The van der Waals surface area contributed by atoms with Crippen molar-refractivity contribution in [3.05, 3.63) is 11.6 Å². The van der Waals surface area contributed by atoms with Crippen molar-refractivity contribution in [3.8, 4) is 0 Å². The lowest BCUT2D eigenvalue weighted by Gasteiger charge is -2.10. The highest BCUT2D eigenvalue weighted by Crippen LogP contribution is 2.17. The predicted octanol–water partition coefficient (Wildman–Crippen LogP) is 2.05. The summed E-state index contributed by atoms with van der Waals surface area (Å²) in [5.41, 5.74) is 0. The van der Waals surface area contributed by atoms with Gasteiger partial charge in [0.05, 0.1) is 6.54 Å². The van der Waals surface area contributed by atoms with Gasteiger partial charge in [0.1, 0.15) is 5.82 Å². The molecule has 2 rings (SSSR count). The first kappa shape index (κ1) is 12.6. The Hall–Kier alpha value is -0.900. The van der Waals surface area contributed by atoms with E-state index in [1.54, 1.807) is 0 Å². The van der Waals surface area contributed by atoms with Crippen LogP contribution >= 0.6 is 0 Å². The average molecular weight is 236 g/mol. The molecular weight excluding hydrogens is 212 g/mol. The maximum absolute atomic E-state index is 4.60. The number of nitrogens with one attached hydrogen (secondary N) is 1. The number of aromatic nitrogens is 3. The molecule has 17 heavy (non-hydrogen) atoms. The third kappa shape index (κ3) is 3.53. The van der Waals surface area contributed by atoms with E-state index in [4.69, 9.17) is 0 Å². The Morgan fingerprint density at radius 2 is 2.06 bits per heavy atom. The maximum atomic E-state index is 4.60. The van der Waals surface area contributed by atoms with Gasteiger partial charge in [-0.3, -0.25) is 4.68 Å². The molecule has 0 unspecified atom stereocenters. The van der Waals surface area contributed by atoms with Gasteiger partial charge in [0, 0.05) is 19.5 Å². The molecule has 4 heteroatoms. The molecule has 1 N–H and O–H groups in total. The largest absolute Gasteiger partial charge is 0.307 e. The summed E-state index contributed by atoms with van der Waals surface area (Å²) in [6.07, 6.45) is 6.34. The van der Waals surface area contributed by atoms with Gasteiger partial charge in [0.25, 0.3) is 0 Å². The summed E-state index contributed by atoms with van der Waals surface area (Å²) in [7, 11) is 1.99. The molecule has 0 spiro atoms. The van der Waals surface area contributed by atoms with Crippen molar-refractivity contribution in [2.24, 2.45) is 13.0 Å². The van der Waals surface area contributed by atoms with E-state index in [1.807, 2.05) is 11.7 Å². The van der Waals surface area contributed by atoms with Crippen LogP contribution in [0.2, 0.25) is 0 Å². The Labute approximate surface area is 104 Å². The first-order valence-electron chi connectivity index (χ1n) is 6.77. The van der Waals surface area contributed by atoms with Crippen molar-refractivity contribution in [2.45, 2.75) is 58.5 Å². The molecule has 1 aromatic rings. The number of nitrogens with zero attached hydrogens (tertiary/aromatic N) is 3. The second kappa shape index (κ2) is 5.63. The van der Waals surface area contributed by atoms with E-state index in [9.17, 15) is 0 Å². The molecule has 0 aromatic carbocycles. The quantitative estimate of drug-likeness (QED) is 0.851. The van der Waals surface area contributed by atoms with Gasteiger partial charge in [-0.05, 0) is 18.8 Å². The molecule has 1 saturated carbocycles. The first-order valence-corrected chi connectivity index (χ1v) is 6.77. The van der Waals surface area contributed by atoms with Crippen LogP contribution < -0.4 is 5.32 Å². The number of rotatable bonds is 5. The lowest BCUT2D eigenvalue weighted by atomic mass is 10.1. The third-order valence-electron chi connectivity index (χ3n) is 3.39. The average Bonchev–Trinajstić information content (AvgIpc) is 2.84. The molecule has 1 heterocycles. The highest BCUT2D eigenvalue weighted by atomic mass is 15.3. The van der Waals surface area contributed by atoms with Gasteiger partial charge in [0.15, 0.2) is 5.82 Å². The standard InChI is InChI=1S/C13H24N4/c1-10(2)8-12-15-13(17(3)16-12)9-14-11-6-4-5-7-11/h10-11,14H,4-9H2,1-3H3. The van der Waals surface area contributed by atoms with E-state index in [0.717, 1.165) is 24.6 Å². The van der Waals surface area contributed by atoms with Gasteiger partial charge in [-0.15, -0.1) is 0 Å². The van der Waals surface area contributed by atoms with E-state index >= 15 is 0 Å². The molecule has 1 aromatic heterocycles. The zero-order valence-corrected chi connectivity index (χ0v) is 11.2. The SMILES string of the molecule is CC(C)Cc1nc(CNC2CCCC2)n(C)n1. The Bertz CT molecular complexity index is 350. The Morgan fingerprint density at radius 1 is 1.35 bits per heavy atom. The molecule has 96 valence electrons. The van der Waals surface area contributed by atoms with Crippen LogP contribution in [0, 0.1) is 5.92 Å². The van der Waals surface area contributed by atoms with Crippen LogP contribution in [0.5, 0.6) is 0 Å². The monoisotopic (exact) mass is 236 g/mol. The fourth-order valence-corrected chi connectivity index (χ4v) is 2.45. The van der Waals surface area contributed by atoms with Crippen LogP contribution in [0.3, 0.4) is 0 Å². The summed E-state index contributed by atoms with van der Waals surface area (Å²) in [5.74, 6) is 2.66. The van der Waals surface area contributed by atoms with E-state index in [0.29, 0.717) is 12.0 Å². The lowest BCUT2D eigenvalue weighted by Crippen LogP contribution is -2.26. The first-order chi connectivity index (χ1) is 8.15. The van der Waals surface area contributed by atoms with Crippen LogP contribution in [0.25, 0.3) is 0 Å². The van der Waals surface area contributed by atoms with Crippen molar-refractivity contribution < 1.29 is 0 Å². The Balaban J connectivity index is 1.88. The summed E-state index contributed by atoms with van der Waals surface area (Å²) in [6, 6.07) is 0.695. The number of hydrogen-bond acceptors (Lipinski definition) is 3. The van der Waals surface area contributed by atoms with Gasteiger partial charge in [-0.2, -0.15) is 5.10 Å². The van der Waals surface area contributed by atoms with E-state index in [1.165, 1.54) is 25.7 Å². The zero-order valence-electron chi connectivity index (χ0n) is 11.2. The van der Waals surface area contributed by atoms with Gasteiger partial charge in [-0.1, -0.05) is 26.7 Å².